The first-order chi connectivity index (χ1) is 13.1. The van der Waals surface area contributed by atoms with Crippen molar-refractivity contribution in [2.75, 3.05) is 11.9 Å². The van der Waals surface area contributed by atoms with Crippen molar-refractivity contribution in [2.24, 2.45) is 5.73 Å². The molecular formula is C18H20N8O. The van der Waals surface area contributed by atoms with Gasteiger partial charge in [-0.2, -0.15) is 5.10 Å². The van der Waals surface area contributed by atoms with Gasteiger partial charge in [-0.1, -0.05) is 12.1 Å². The lowest BCUT2D eigenvalue weighted by Crippen LogP contribution is -2.26. The van der Waals surface area contributed by atoms with Crippen molar-refractivity contribution in [1.82, 2.24) is 30.5 Å². The summed E-state index contributed by atoms with van der Waals surface area (Å²) in [6, 6.07) is 6.98. The van der Waals surface area contributed by atoms with Crippen LogP contribution in [-0.4, -0.2) is 37.6 Å². The van der Waals surface area contributed by atoms with Gasteiger partial charge in [0.05, 0.1) is 12.2 Å². The van der Waals surface area contributed by atoms with Crippen LogP contribution in [0.4, 0.5) is 5.82 Å². The van der Waals surface area contributed by atoms with Gasteiger partial charge in [-0.05, 0) is 32.0 Å². The number of primary amides is 1. The van der Waals surface area contributed by atoms with Gasteiger partial charge in [-0.15, -0.1) is 0 Å². The Hall–Kier alpha value is -3.33. The van der Waals surface area contributed by atoms with E-state index in [-0.39, 0.29) is 0 Å². The van der Waals surface area contributed by atoms with Gasteiger partial charge in [0.15, 0.2) is 11.6 Å². The number of aromatic nitrogens is 5. The molecule has 1 aliphatic heterocycles. The molecule has 27 heavy (non-hydrogen) atoms. The van der Waals surface area contributed by atoms with Gasteiger partial charge >= 0.3 is 0 Å². The molecule has 1 amide bonds. The molecule has 0 atom stereocenters. The number of nitrogens with two attached hydrogens (primary N) is 1. The fourth-order valence-electron chi connectivity index (χ4n) is 3.05. The normalized spacial score (nSPS) is 13.2. The zero-order valence-electron chi connectivity index (χ0n) is 14.9. The average molecular weight is 364 g/mol. The molecule has 9 nitrogen and oxygen atoms in total. The molecular weight excluding hydrogens is 344 g/mol. The van der Waals surface area contributed by atoms with Gasteiger partial charge < -0.3 is 16.4 Å². The molecule has 3 aromatic rings. The lowest BCUT2D eigenvalue weighted by molar-refractivity contribution is 0.100. The van der Waals surface area contributed by atoms with Crippen LogP contribution in [0.2, 0.25) is 0 Å². The summed E-state index contributed by atoms with van der Waals surface area (Å²) in [6.07, 6.45) is 0.853. The number of carbonyl (C=O) groups is 1. The summed E-state index contributed by atoms with van der Waals surface area (Å²) < 4.78 is 0. The van der Waals surface area contributed by atoms with Gasteiger partial charge in [-0.3, -0.25) is 9.89 Å². The van der Waals surface area contributed by atoms with Crippen LogP contribution >= 0.6 is 0 Å². The van der Waals surface area contributed by atoms with E-state index in [4.69, 9.17) is 15.7 Å². The third-order valence-electron chi connectivity index (χ3n) is 4.42. The third-order valence-corrected chi connectivity index (χ3v) is 4.42. The van der Waals surface area contributed by atoms with Crippen LogP contribution in [0.15, 0.2) is 24.3 Å². The minimum absolute atomic E-state index is 0.455. The van der Waals surface area contributed by atoms with E-state index in [2.05, 4.69) is 25.8 Å². The van der Waals surface area contributed by atoms with Gasteiger partial charge in [0.25, 0.3) is 0 Å². The summed E-state index contributed by atoms with van der Waals surface area (Å²) in [5, 5.41) is 13.7. The summed E-state index contributed by atoms with van der Waals surface area (Å²) >= 11 is 0. The number of rotatable bonds is 5. The number of benzene rings is 1. The highest BCUT2D eigenvalue weighted by Crippen LogP contribution is 2.25. The van der Waals surface area contributed by atoms with E-state index in [1.54, 1.807) is 24.3 Å². The van der Waals surface area contributed by atoms with Crippen molar-refractivity contribution in [2.45, 2.75) is 26.4 Å². The first-order valence-electron chi connectivity index (χ1n) is 8.72. The standard InChI is InChI=1S/C18H20N8O/c1-10-22-15(26-25-10)9-21-18-13-6-7-20-8-14(13)23-17(24-18)12-4-2-11(3-5-12)16(19)27/h2-5,20H,6-9H2,1H3,(H2,19,27)(H,21,23,24)(H,22,25,26). The zero-order chi connectivity index (χ0) is 18.8. The number of amides is 1. The van der Waals surface area contributed by atoms with Gasteiger partial charge in [0.1, 0.15) is 11.6 Å². The van der Waals surface area contributed by atoms with Crippen LogP contribution in [0.3, 0.4) is 0 Å². The van der Waals surface area contributed by atoms with E-state index in [0.717, 1.165) is 41.4 Å². The number of hydrogen-bond donors (Lipinski definition) is 4. The quantitative estimate of drug-likeness (QED) is 0.529. The Morgan fingerprint density at radius 3 is 2.74 bits per heavy atom. The number of nitrogens with zero attached hydrogens (tertiary/aromatic N) is 4. The van der Waals surface area contributed by atoms with Crippen LogP contribution in [0.25, 0.3) is 11.4 Å². The van der Waals surface area contributed by atoms with Crippen LogP contribution in [0.1, 0.15) is 33.3 Å². The van der Waals surface area contributed by atoms with E-state index < -0.39 is 5.91 Å². The van der Waals surface area contributed by atoms with E-state index in [0.29, 0.717) is 30.3 Å². The molecule has 0 bridgehead atoms. The molecule has 0 unspecified atom stereocenters. The molecule has 1 aliphatic rings. The summed E-state index contributed by atoms with van der Waals surface area (Å²) in [5.74, 6) is 2.39. The highest BCUT2D eigenvalue weighted by molar-refractivity contribution is 5.93. The molecule has 138 valence electrons. The molecule has 5 N–H and O–H groups in total. The molecule has 4 rings (SSSR count). The molecule has 9 heteroatoms. The second-order valence-corrected chi connectivity index (χ2v) is 6.38. The Labute approximate surface area is 155 Å². The summed E-state index contributed by atoms with van der Waals surface area (Å²) in [5.41, 5.74) is 8.67. The number of fused-ring (bicyclic) bond motifs is 1. The molecule has 2 aromatic heterocycles. The maximum atomic E-state index is 11.3. The van der Waals surface area contributed by atoms with E-state index in [9.17, 15) is 4.79 Å². The van der Waals surface area contributed by atoms with E-state index >= 15 is 0 Å². The van der Waals surface area contributed by atoms with Crippen LogP contribution in [0.5, 0.6) is 0 Å². The van der Waals surface area contributed by atoms with Crippen LogP contribution < -0.4 is 16.4 Å². The average Bonchev–Trinajstić information content (AvgIpc) is 3.11. The number of carbonyl (C=O) groups excluding carboxylic acids is 1. The third kappa shape index (κ3) is 3.63. The molecule has 0 saturated heterocycles. The number of nitrogens with one attached hydrogen (secondary N) is 3. The van der Waals surface area contributed by atoms with Crippen molar-refractivity contribution in [3.8, 4) is 11.4 Å². The predicted molar refractivity (Wildman–Crippen MR) is 99.8 cm³/mol. The topological polar surface area (TPSA) is 134 Å². The van der Waals surface area contributed by atoms with Crippen LogP contribution in [0, 0.1) is 6.92 Å². The maximum Gasteiger partial charge on any atom is 0.248 e. The van der Waals surface area contributed by atoms with Crippen molar-refractivity contribution >= 4 is 11.7 Å². The van der Waals surface area contributed by atoms with E-state index in [1.165, 1.54) is 0 Å². The summed E-state index contributed by atoms with van der Waals surface area (Å²) in [6.45, 7) is 3.92. The predicted octanol–water partition coefficient (Wildman–Crippen LogP) is 0.927. The Bertz CT molecular complexity index is 980. The van der Waals surface area contributed by atoms with Gasteiger partial charge in [-0.25, -0.2) is 15.0 Å². The number of hydrogen-bond acceptors (Lipinski definition) is 7. The second-order valence-electron chi connectivity index (χ2n) is 6.38. The van der Waals surface area contributed by atoms with Gasteiger partial charge in [0.2, 0.25) is 5.91 Å². The fraction of sp³-hybridized carbons (Fsp3) is 0.278. The number of aryl methyl sites for hydroxylation is 1. The molecule has 0 aliphatic carbocycles. The highest BCUT2D eigenvalue weighted by atomic mass is 16.1. The Balaban J connectivity index is 1.67. The van der Waals surface area contributed by atoms with Crippen LogP contribution in [-0.2, 0) is 19.5 Å². The number of aromatic amines is 1. The smallest absolute Gasteiger partial charge is 0.248 e. The molecule has 3 heterocycles. The van der Waals surface area contributed by atoms with E-state index in [1.807, 2.05) is 6.92 Å². The SMILES string of the molecule is Cc1nc(CNc2nc(-c3ccc(C(N)=O)cc3)nc3c2CCNC3)n[nH]1. The van der Waals surface area contributed by atoms with Crippen molar-refractivity contribution in [3.05, 3.63) is 52.7 Å². The lowest BCUT2D eigenvalue weighted by Gasteiger charge is -2.20. The molecule has 0 saturated carbocycles. The largest absolute Gasteiger partial charge is 0.366 e. The Morgan fingerprint density at radius 2 is 2.04 bits per heavy atom. The lowest BCUT2D eigenvalue weighted by atomic mass is 10.1. The molecule has 0 radical (unpaired) electrons. The minimum Gasteiger partial charge on any atom is -0.366 e. The first kappa shape index (κ1) is 17.1. The number of anilines is 1. The molecule has 0 fully saturated rings. The Morgan fingerprint density at radius 1 is 1.22 bits per heavy atom. The van der Waals surface area contributed by atoms with Crippen molar-refractivity contribution in [3.63, 3.8) is 0 Å². The zero-order valence-corrected chi connectivity index (χ0v) is 14.9. The number of H-pyrrole nitrogens is 1. The van der Waals surface area contributed by atoms with Crippen molar-refractivity contribution < 1.29 is 4.79 Å². The van der Waals surface area contributed by atoms with Crippen molar-refractivity contribution in [1.29, 1.82) is 0 Å². The first-order valence-corrected chi connectivity index (χ1v) is 8.72. The van der Waals surface area contributed by atoms with Gasteiger partial charge in [0, 0.05) is 23.2 Å². The monoisotopic (exact) mass is 364 g/mol. The summed E-state index contributed by atoms with van der Waals surface area (Å²) in [4.78, 5) is 25.0. The highest BCUT2D eigenvalue weighted by Gasteiger charge is 2.18. The minimum atomic E-state index is -0.457. The Kier molecular flexibility index (Phi) is 4.51. The second kappa shape index (κ2) is 7.12. The summed E-state index contributed by atoms with van der Waals surface area (Å²) in [7, 11) is 0. The molecule has 1 aromatic carbocycles. The maximum absolute atomic E-state index is 11.3. The molecule has 0 spiro atoms. The fourth-order valence-corrected chi connectivity index (χ4v) is 3.05.